The van der Waals surface area contributed by atoms with Crippen molar-refractivity contribution < 1.29 is 4.84 Å². The summed E-state index contributed by atoms with van der Waals surface area (Å²) in [5.74, 6) is 0.659. The van der Waals surface area contributed by atoms with Crippen LogP contribution >= 0.6 is 0 Å². The zero-order valence-corrected chi connectivity index (χ0v) is 10.7. The molecule has 0 amide bonds. The molecule has 0 aromatic carbocycles. The minimum atomic E-state index is 0.298. The van der Waals surface area contributed by atoms with Gasteiger partial charge in [0.25, 0.3) is 0 Å². The van der Waals surface area contributed by atoms with Gasteiger partial charge < -0.3 is 4.84 Å². The summed E-state index contributed by atoms with van der Waals surface area (Å²) in [6.45, 7) is 7.82. The lowest BCUT2D eigenvalue weighted by Gasteiger charge is -2.39. The molecule has 0 N–H and O–H groups in total. The molecule has 1 atom stereocenters. The average Bonchev–Trinajstić information content (AvgIpc) is 2.45. The van der Waals surface area contributed by atoms with Crippen LogP contribution in [0.4, 0.5) is 0 Å². The van der Waals surface area contributed by atoms with Crippen LogP contribution in [0.2, 0.25) is 0 Å². The predicted octanol–water partition coefficient (Wildman–Crippen LogP) is 2.52. The van der Waals surface area contributed by atoms with E-state index >= 15 is 0 Å². The van der Waals surface area contributed by atoms with Gasteiger partial charge in [-0.25, -0.2) is 0 Å². The number of rotatable bonds is 4. The Morgan fingerprint density at radius 1 is 1.53 bits per heavy atom. The van der Waals surface area contributed by atoms with Crippen LogP contribution in [0.5, 0.6) is 0 Å². The van der Waals surface area contributed by atoms with Gasteiger partial charge >= 0.3 is 0 Å². The van der Waals surface area contributed by atoms with E-state index in [1.807, 2.05) is 0 Å². The highest BCUT2D eigenvalue weighted by molar-refractivity contribution is 5.89. The Labute approximate surface area is 93.5 Å². The molecule has 15 heavy (non-hydrogen) atoms. The van der Waals surface area contributed by atoms with Crippen LogP contribution in [0, 0.1) is 5.92 Å². The molecular weight excluding hydrogens is 188 g/mol. The van der Waals surface area contributed by atoms with Gasteiger partial charge in [0.1, 0.15) is 7.11 Å². The molecule has 0 saturated carbocycles. The Bertz CT molecular complexity index is 238. The average molecular weight is 212 g/mol. The fraction of sp³-hybridized carbons (Fsp3) is 0.917. The van der Waals surface area contributed by atoms with Gasteiger partial charge in [0.05, 0.1) is 5.71 Å². The molecular formula is C12H24N2O. The third-order valence-electron chi connectivity index (χ3n) is 3.67. The van der Waals surface area contributed by atoms with Gasteiger partial charge in [0, 0.05) is 18.5 Å². The standard InChI is InChI=1S/C12H24N2O/c1-6-7-12(10(2)3)8-11(13-15-5)9-14(12)4/h10H,6-9H2,1-5H3/b13-11-. The van der Waals surface area contributed by atoms with Crippen molar-refractivity contribution in [2.75, 3.05) is 20.7 Å². The van der Waals surface area contributed by atoms with Gasteiger partial charge in [-0.1, -0.05) is 32.3 Å². The fourth-order valence-electron chi connectivity index (χ4n) is 2.81. The summed E-state index contributed by atoms with van der Waals surface area (Å²) in [7, 11) is 3.83. The Hall–Kier alpha value is -0.570. The maximum Gasteiger partial charge on any atom is 0.106 e. The molecule has 0 aliphatic carbocycles. The summed E-state index contributed by atoms with van der Waals surface area (Å²) in [4.78, 5) is 7.33. The monoisotopic (exact) mass is 212 g/mol. The smallest absolute Gasteiger partial charge is 0.106 e. The van der Waals surface area contributed by atoms with Crippen LogP contribution in [0.3, 0.4) is 0 Å². The number of oxime groups is 1. The van der Waals surface area contributed by atoms with E-state index in [1.54, 1.807) is 7.11 Å². The number of hydrogen-bond donors (Lipinski definition) is 0. The molecule has 0 bridgehead atoms. The number of hydrogen-bond acceptors (Lipinski definition) is 3. The summed E-state index contributed by atoms with van der Waals surface area (Å²) in [6, 6.07) is 0. The molecule has 0 aromatic heterocycles. The largest absolute Gasteiger partial charge is 0.399 e. The first-order chi connectivity index (χ1) is 7.06. The molecule has 1 aliphatic heterocycles. The molecule has 0 radical (unpaired) electrons. The van der Waals surface area contributed by atoms with E-state index in [0.717, 1.165) is 13.0 Å². The van der Waals surface area contributed by atoms with E-state index in [4.69, 9.17) is 4.84 Å². The number of likely N-dealkylation sites (tertiary alicyclic amines) is 1. The highest BCUT2D eigenvalue weighted by Gasteiger charge is 2.43. The van der Waals surface area contributed by atoms with Crippen LogP contribution in [-0.2, 0) is 4.84 Å². The topological polar surface area (TPSA) is 24.8 Å². The Balaban J connectivity index is 2.85. The molecule has 1 aliphatic rings. The molecule has 0 aromatic rings. The second-order valence-electron chi connectivity index (χ2n) is 4.88. The zero-order chi connectivity index (χ0) is 11.5. The van der Waals surface area contributed by atoms with Crippen molar-refractivity contribution in [3.8, 4) is 0 Å². The second kappa shape index (κ2) is 4.97. The highest BCUT2D eigenvalue weighted by atomic mass is 16.6. The molecule has 1 unspecified atom stereocenters. The molecule has 88 valence electrons. The van der Waals surface area contributed by atoms with Crippen LogP contribution in [0.15, 0.2) is 5.16 Å². The first-order valence-corrected chi connectivity index (χ1v) is 5.87. The van der Waals surface area contributed by atoms with Gasteiger partial charge in [-0.15, -0.1) is 0 Å². The Morgan fingerprint density at radius 3 is 2.67 bits per heavy atom. The second-order valence-corrected chi connectivity index (χ2v) is 4.88. The summed E-state index contributed by atoms with van der Waals surface area (Å²) >= 11 is 0. The van der Waals surface area contributed by atoms with Crippen molar-refractivity contribution in [2.24, 2.45) is 11.1 Å². The van der Waals surface area contributed by atoms with E-state index in [2.05, 4.69) is 37.9 Å². The third kappa shape index (κ3) is 2.33. The van der Waals surface area contributed by atoms with Gasteiger partial charge in [-0.05, 0) is 19.4 Å². The van der Waals surface area contributed by atoms with Crippen molar-refractivity contribution in [1.82, 2.24) is 4.90 Å². The van der Waals surface area contributed by atoms with Crippen LogP contribution in [0.25, 0.3) is 0 Å². The quantitative estimate of drug-likeness (QED) is 0.669. The van der Waals surface area contributed by atoms with E-state index in [9.17, 15) is 0 Å². The van der Waals surface area contributed by atoms with Crippen LogP contribution < -0.4 is 0 Å². The minimum absolute atomic E-state index is 0.298. The van der Waals surface area contributed by atoms with Gasteiger partial charge in [0.2, 0.25) is 0 Å². The molecule has 3 nitrogen and oxygen atoms in total. The first kappa shape index (κ1) is 12.5. The van der Waals surface area contributed by atoms with Crippen LogP contribution in [-0.4, -0.2) is 36.9 Å². The summed E-state index contributed by atoms with van der Waals surface area (Å²) in [5, 5.41) is 4.11. The molecule has 1 rings (SSSR count). The van der Waals surface area contributed by atoms with Crippen molar-refractivity contribution in [3.63, 3.8) is 0 Å². The predicted molar refractivity (Wildman–Crippen MR) is 64.2 cm³/mol. The fourth-order valence-corrected chi connectivity index (χ4v) is 2.81. The minimum Gasteiger partial charge on any atom is -0.399 e. The lowest BCUT2D eigenvalue weighted by Crippen LogP contribution is -2.45. The van der Waals surface area contributed by atoms with Crippen molar-refractivity contribution in [3.05, 3.63) is 0 Å². The Kier molecular flexibility index (Phi) is 4.14. The highest BCUT2D eigenvalue weighted by Crippen LogP contribution is 2.37. The molecule has 1 saturated heterocycles. The zero-order valence-electron chi connectivity index (χ0n) is 10.7. The van der Waals surface area contributed by atoms with E-state index < -0.39 is 0 Å². The first-order valence-electron chi connectivity index (χ1n) is 5.87. The van der Waals surface area contributed by atoms with Gasteiger partial charge in [-0.2, -0.15) is 0 Å². The summed E-state index contributed by atoms with van der Waals surface area (Å²) < 4.78 is 0. The normalized spacial score (nSPS) is 30.4. The lowest BCUT2D eigenvalue weighted by molar-refractivity contribution is 0.103. The summed E-state index contributed by atoms with van der Waals surface area (Å²) in [5.41, 5.74) is 1.48. The van der Waals surface area contributed by atoms with E-state index in [-0.39, 0.29) is 0 Å². The van der Waals surface area contributed by atoms with E-state index in [0.29, 0.717) is 11.5 Å². The third-order valence-corrected chi connectivity index (χ3v) is 3.67. The van der Waals surface area contributed by atoms with Gasteiger partial charge in [-0.3, -0.25) is 4.90 Å². The van der Waals surface area contributed by atoms with E-state index in [1.165, 1.54) is 18.6 Å². The molecule has 0 spiro atoms. The van der Waals surface area contributed by atoms with Crippen molar-refractivity contribution in [1.29, 1.82) is 0 Å². The number of nitrogens with zero attached hydrogens (tertiary/aromatic N) is 2. The Morgan fingerprint density at radius 2 is 2.20 bits per heavy atom. The maximum absolute atomic E-state index is 4.89. The van der Waals surface area contributed by atoms with Crippen molar-refractivity contribution >= 4 is 5.71 Å². The molecule has 1 heterocycles. The van der Waals surface area contributed by atoms with Gasteiger partial charge in [0.15, 0.2) is 0 Å². The molecule has 3 heteroatoms. The SMILES string of the molecule is CCCC1(C(C)C)C/C(=N/OC)CN1C. The van der Waals surface area contributed by atoms with Crippen molar-refractivity contribution in [2.45, 2.75) is 45.6 Å². The summed E-state index contributed by atoms with van der Waals surface area (Å²) in [6.07, 6.45) is 3.52. The lowest BCUT2D eigenvalue weighted by atomic mass is 9.80. The maximum atomic E-state index is 4.89. The van der Waals surface area contributed by atoms with Crippen LogP contribution in [0.1, 0.15) is 40.0 Å². The molecule has 1 fully saturated rings.